The van der Waals surface area contributed by atoms with Gasteiger partial charge in [0, 0.05) is 29.7 Å². The van der Waals surface area contributed by atoms with Crippen molar-refractivity contribution < 1.29 is 18.7 Å². The molecule has 0 fully saturated rings. The Bertz CT molecular complexity index is 1280. The van der Waals surface area contributed by atoms with Crippen molar-refractivity contribution in [3.63, 3.8) is 0 Å². The van der Waals surface area contributed by atoms with E-state index in [0.29, 0.717) is 25.3 Å². The van der Waals surface area contributed by atoms with E-state index in [1.165, 1.54) is 7.11 Å². The molecule has 180 valence electrons. The summed E-state index contributed by atoms with van der Waals surface area (Å²) in [6.07, 6.45) is 2.81. The molecule has 0 radical (unpaired) electrons. The average molecular weight is 471 g/mol. The molecule has 0 spiro atoms. The van der Waals surface area contributed by atoms with E-state index in [0.717, 1.165) is 45.2 Å². The van der Waals surface area contributed by atoms with E-state index < -0.39 is 0 Å². The smallest absolute Gasteiger partial charge is 0.305 e. The predicted molar refractivity (Wildman–Crippen MR) is 135 cm³/mol. The number of rotatable bonds is 9. The fraction of sp³-hybridized carbons (Fsp3) is 0.276. The number of oxazole rings is 1. The number of methoxy groups -OCH3 is 1. The van der Waals surface area contributed by atoms with Crippen LogP contribution in [0.4, 0.5) is 0 Å². The zero-order valence-corrected chi connectivity index (χ0v) is 20.6. The number of nitrogens with zero attached hydrogens (tertiary/aromatic N) is 2. The second-order valence-electron chi connectivity index (χ2n) is 8.63. The number of hydrogen-bond acceptors (Lipinski definition) is 6. The number of aryl methyl sites for hydroxylation is 3. The molecule has 1 unspecified atom stereocenters. The van der Waals surface area contributed by atoms with Crippen molar-refractivity contribution in [2.75, 3.05) is 13.7 Å². The molecule has 35 heavy (non-hydrogen) atoms. The van der Waals surface area contributed by atoms with Crippen molar-refractivity contribution in [3.8, 4) is 28.5 Å². The Balaban J connectivity index is 1.39. The summed E-state index contributed by atoms with van der Waals surface area (Å²) in [4.78, 5) is 20.6. The van der Waals surface area contributed by atoms with Crippen LogP contribution in [0.1, 0.15) is 41.8 Å². The van der Waals surface area contributed by atoms with Gasteiger partial charge in [-0.25, -0.2) is 4.98 Å². The zero-order chi connectivity index (χ0) is 24.8. The molecule has 4 aromatic rings. The van der Waals surface area contributed by atoms with Gasteiger partial charge in [0.2, 0.25) is 5.89 Å². The van der Waals surface area contributed by atoms with Gasteiger partial charge in [-0.2, -0.15) is 0 Å². The quantitative estimate of drug-likeness (QED) is 0.267. The lowest BCUT2D eigenvalue weighted by molar-refractivity contribution is -0.140. The lowest BCUT2D eigenvalue weighted by Gasteiger charge is -2.13. The molecule has 0 saturated heterocycles. The molecule has 2 aromatic carbocycles. The number of esters is 1. The third-order valence-corrected chi connectivity index (χ3v) is 6.03. The maximum Gasteiger partial charge on any atom is 0.305 e. The van der Waals surface area contributed by atoms with E-state index in [2.05, 4.69) is 11.9 Å². The Morgan fingerprint density at radius 3 is 2.49 bits per heavy atom. The normalized spacial score (nSPS) is 11.8. The van der Waals surface area contributed by atoms with Crippen LogP contribution in [0, 0.1) is 13.8 Å². The van der Waals surface area contributed by atoms with Gasteiger partial charge >= 0.3 is 5.97 Å². The molecule has 2 aromatic heterocycles. The summed E-state index contributed by atoms with van der Waals surface area (Å²) < 4.78 is 16.8. The van der Waals surface area contributed by atoms with Crippen LogP contribution in [0.5, 0.6) is 5.75 Å². The van der Waals surface area contributed by atoms with Gasteiger partial charge in [-0.1, -0.05) is 31.2 Å². The van der Waals surface area contributed by atoms with Crippen molar-refractivity contribution in [1.82, 2.24) is 9.97 Å². The van der Waals surface area contributed by atoms with Crippen molar-refractivity contribution in [2.24, 2.45) is 0 Å². The summed E-state index contributed by atoms with van der Waals surface area (Å²) in [5.74, 6) is 2.04. The highest BCUT2D eigenvalue weighted by Crippen LogP contribution is 2.29. The first-order valence-electron chi connectivity index (χ1n) is 11.7. The molecule has 0 aliphatic rings. The standard InChI is InChI=1S/C29H30N2O4/c1-19-17-25(14-12-22(19)13-15-27(32)33-4)34-18-20(2)28-21(3)35-29(31-28)24-10-8-23(9-11-24)26-7-5-6-16-30-26/h5-12,14,16-17,20H,13,15,18H2,1-4H3. The predicted octanol–water partition coefficient (Wildman–Crippen LogP) is 6.31. The lowest BCUT2D eigenvalue weighted by atomic mass is 10.0. The number of hydrogen-bond donors (Lipinski definition) is 0. The number of benzene rings is 2. The number of aromatic nitrogens is 2. The van der Waals surface area contributed by atoms with E-state index in [9.17, 15) is 4.79 Å². The fourth-order valence-corrected chi connectivity index (χ4v) is 3.98. The highest BCUT2D eigenvalue weighted by atomic mass is 16.5. The largest absolute Gasteiger partial charge is 0.493 e. The minimum absolute atomic E-state index is 0.0552. The van der Waals surface area contributed by atoms with Gasteiger partial charge in [0.05, 0.1) is 25.1 Å². The van der Waals surface area contributed by atoms with E-state index >= 15 is 0 Å². The minimum atomic E-state index is -0.204. The van der Waals surface area contributed by atoms with Crippen molar-refractivity contribution in [1.29, 1.82) is 0 Å². The third-order valence-electron chi connectivity index (χ3n) is 6.03. The number of ether oxygens (including phenoxy) is 2. The number of pyridine rings is 1. The SMILES string of the molecule is COC(=O)CCc1ccc(OCC(C)c2nc(-c3ccc(-c4ccccn4)cc3)oc2C)cc1C. The van der Waals surface area contributed by atoms with Crippen LogP contribution in [-0.2, 0) is 16.0 Å². The Morgan fingerprint density at radius 2 is 1.80 bits per heavy atom. The average Bonchev–Trinajstić information content (AvgIpc) is 3.28. The van der Waals surface area contributed by atoms with Gasteiger partial charge in [0.15, 0.2) is 0 Å². The summed E-state index contributed by atoms with van der Waals surface area (Å²) in [6, 6.07) is 19.9. The summed E-state index contributed by atoms with van der Waals surface area (Å²) in [6.45, 7) is 6.52. The molecule has 0 aliphatic heterocycles. The highest BCUT2D eigenvalue weighted by molar-refractivity contribution is 5.69. The van der Waals surface area contributed by atoms with Crippen molar-refractivity contribution in [2.45, 2.75) is 39.5 Å². The molecule has 0 saturated carbocycles. The van der Waals surface area contributed by atoms with E-state index in [4.69, 9.17) is 18.9 Å². The summed E-state index contributed by atoms with van der Waals surface area (Å²) in [7, 11) is 1.41. The molecule has 2 heterocycles. The molecule has 0 amide bonds. The molecular weight excluding hydrogens is 440 g/mol. The molecule has 0 aliphatic carbocycles. The molecule has 6 nitrogen and oxygen atoms in total. The molecule has 0 N–H and O–H groups in total. The summed E-state index contributed by atoms with van der Waals surface area (Å²) >= 11 is 0. The van der Waals surface area contributed by atoms with E-state index in [1.807, 2.05) is 74.5 Å². The van der Waals surface area contributed by atoms with Crippen molar-refractivity contribution in [3.05, 3.63) is 89.4 Å². The van der Waals surface area contributed by atoms with Crippen LogP contribution in [0.15, 0.2) is 71.3 Å². The summed E-state index contributed by atoms with van der Waals surface area (Å²) in [5, 5.41) is 0. The van der Waals surface area contributed by atoms with Crippen molar-refractivity contribution >= 4 is 5.97 Å². The van der Waals surface area contributed by atoms with Crippen LogP contribution in [0.25, 0.3) is 22.7 Å². The van der Waals surface area contributed by atoms with Crippen LogP contribution in [0.3, 0.4) is 0 Å². The van der Waals surface area contributed by atoms with Crippen LogP contribution in [-0.4, -0.2) is 29.7 Å². The van der Waals surface area contributed by atoms with Gasteiger partial charge in [0.25, 0.3) is 0 Å². The number of carbonyl (C=O) groups excluding carboxylic acids is 1. The maximum atomic E-state index is 11.4. The van der Waals surface area contributed by atoms with E-state index in [-0.39, 0.29) is 11.9 Å². The number of carbonyl (C=O) groups is 1. The molecule has 0 bridgehead atoms. The lowest BCUT2D eigenvalue weighted by Crippen LogP contribution is -2.09. The van der Waals surface area contributed by atoms with Crippen LogP contribution >= 0.6 is 0 Å². The second kappa shape index (κ2) is 11.0. The van der Waals surface area contributed by atoms with Gasteiger partial charge in [-0.3, -0.25) is 9.78 Å². The molecular formula is C29H30N2O4. The van der Waals surface area contributed by atoms with Crippen LogP contribution in [0.2, 0.25) is 0 Å². The first-order chi connectivity index (χ1) is 16.9. The monoisotopic (exact) mass is 470 g/mol. The Labute approximate surface area is 206 Å². The van der Waals surface area contributed by atoms with Crippen LogP contribution < -0.4 is 4.74 Å². The Hall–Kier alpha value is -3.93. The molecule has 4 rings (SSSR count). The van der Waals surface area contributed by atoms with Gasteiger partial charge in [-0.15, -0.1) is 0 Å². The Morgan fingerprint density at radius 1 is 1.03 bits per heavy atom. The Kier molecular flexibility index (Phi) is 7.60. The van der Waals surface area contributed by atoms with Gasteiger partial charge in [0.1, 0.15) is 11.5 Å². The third kappa shape index (κ3) is 5.96. The first-order valence-corrected chi connectivity index (χ1v) is 11.7. The molecule has 6 heteroatoms. The highest BCUT2D eigenvalue weighted by Gasteiger charge is 2.18. The summed E-state index contributed by atoms with van der Waals surface area (Å²) in [5.41, 5.74) is 5.99. The maximum absolute atomic E-state index is 11.4. The van der Waals surface area contributed by atoms with Gasteiger partial charge < -0.3 is 13.9 Å². The zero-order valence-electron chi connectivity index (χ0n) is 20.6. The fourth-order valence-electron chi connectivity index (χ4n) is 3.98. The first kappa shape index (κ1) is 24.2. The van der Waals surface area contributed by atoms with E-state index in [1.54, 1.807) is 6.20 Å². The molecule has 1 atom stereocenters. The topological polar surface area (TPSA) is 74.5 Å². The minimum Gasteiger partial charge on any atom is -0.493 e. The van der Waals surface area contributed by atoms with Gasteiger partial charge in [-0.05, 0) is 67.8 Å². The second-order valence-corrected chi connectivity index (χ2v) is 8.63.